The summed E-state index contributed by atoms with van der Waals surface area (Å²) in [5, 5.41) is 17.5. The molecule has 0 bridgehead atoms. The van der Waals surface area contributed by atoms with Gasteiger partial charge in [-0.05, 0) is 12.1 Å². The summed E-state index contributed by atoms with van der Waals surface area (Å²) in [5.74, 6) is -0.0910. The highest BCUT2D eigenvalue weighted by atomic mass is 35.5. The lowest BCUT2D eigenvalue weighted by Crippen LogP contribution is -2.30. The van der Waals surface area contributed by atoms with Crippen molar-refractivity contribution < 1.29 is 28.0 Å². The van der Waals surface area contributed by atoms with E-state index in [-0.39, 0.29) is 16.2 Å². The number of alkyl halides is 3. The van der Waals surface area contributed by atoms with Gasteiger partial charge in [-0.15, -0.1) is 0 Å². The number of ether oxygens (including phenoxy) is 1. The lowest BCUT2D eigenvalue weighted by molar-refractivity contribution is -0.153. The zero-order chi connectivity index (χ0) is 12.3. The molecule has 0 aromatic heterocycles. The number of rotatable bonds is 3. The van der Waals surface area contributed by atoms with Crippen LogP contribution in [0.1, 0.15) is 0 Å². The summed E-state index contributed by atoms with van der Waals surface area (Å²) in [6.45, 7) is -1.43. The fourth-order valence-electron chi connectivity index (χ4n) is 0.972. The normalized spacial score (nSPS) is 11.4. The van der Waals surface area contributed by atoms with Crippen LogP contribution in [0, 0.1) is 0 Å². The van der Waals surface area contributed by atoms with Crippen LogP contribution in [0.25, 0.3) is 0 Å². The largest absolute Gasteiger partial charge is 0.489 e. The third-order valence-corrected chi connectivity index (χ3v) is 1.98. The molecule has 16 heavy (non-hydrogen) atoms. The van der Waals surface area contributed by atoms with Crippen molar-refractivity contribution in [3.8, 4) is 5.75 Å². The summed E-state index contributed by atoms with van der Waals surface area (Å²) in [7, 11) is -1.77. The van der Waals surface area contributed by atoms with Gasteiger partial charge in [0.1, 0.15) is 5.75 Å². The Hall–Kier alpha value is -0.915. The SMILES string of the molecule is OB(O)c1ccc(OCC(F)(F)F)cc1Cl. The highest BCUT2D eigenvalue weighted by Crippen LogP contribution is 2.20. The molecule has 0 atom stereocenters. The molecule has 0 fully saturated rings. The van der Waals surface area contributed by atoms with Gasteiger partial charge in [0, 0.05) is 10.5 Å². The van der Waals surface area contributed by atoms with E-state index in [1.165, 1.54) is 12.1 Å². The van der Waals surface area contributed by atoms with E-state index in [2.05, 4.69) is 4.74 Å². The second-order valence-corrected chi connectivity index (χ2v) is 3.37. The Kier molecular flexibility index (Phi) is 4.06. The first-order chi connectivity index (χ1) is 7.29. The van der Waals surface area contributed by atoms with E-state index in [1.807, 2.05) is 0 Å². The molecule has 0 aliphatic carbocycles. The van der Waals surface area contributed by atoms with Crippen LogP contribution >= 0.6 is 11.6 Å². The molecule has 0 radical (unpaired) electrons. The second kappa shape index (κ2) is 4.94. The molecule has 0 aliphatic heterocycles. The van der Waals surface area contributed by atoms with Crippen LogP contribution in [0.5, 0.6) is 5.75 Å². The van der Waals surface area contributed by atoms with Gasteiger partial charge >= 0.3 is 13.3 Å². The van der Waals surface area contributed by atoms with Gasteiger partial charge in [0.15, 0.2) is 6.61 Å². The van der Waals surface area contributed by atoms with Crippen LogP contribution in [0.2, 0.25) is 5.02 Å². The Labute approximate surface area is 94.6 Å². The molecule has 3 nitrogen and oxygen atoms in total. The molecule has 0 unspecified atom stereocenters. The molecule has 2 N–H and O–H groups in total. The zero-order valence-electron chi connectivity index (χ0n) is 7.83. The third-order valence-electron chi connectivity index (χ3n) is 1.65. The van der Waals surface area contributed by atoms with E-state index >= 15 is 0 Å². The van der Waals surface area contributed by atoms with Gasteiger partial charge in [-0.3, -0.25) is 0 Å². The lowest BCUT2D eigenvalue weighted by atomic mass is 9.80. The Morgan fingerprint density at radius 2 is 1.94 bits per heavy atom. The molecule has 8 heteroatoms. The minimum Gasteiger partial charge on any atom is -0.484 e. The number of hydrogen-bond acceptors (Lipinski definition) is 3. The van der Waals surface area contributed by atoms with Gasteiger partial charge in [0.2, 0.25) is 0 Å². The minimum atomic E-state index is -4.43. The van der Waals surface area contributed by atoms with Crippen molar-refractivity contribution in [2.45, 2.75) is 6.18 Å². The van der Waals surface area contributed by atoms with Crippen molar-refractivity contribution in [3.63, 3.8) is 0 Å². The molecule has 1 aromatic carbocycles. The molecule has 0 saturated carbocycles. The second-order valence-electron chi connectivity index (χ2n) is 2.96. The van der Waals surface area contributed by atoms with Crippen LogP contribution < -0.4 is 10.2 Å². The summed E-state index contributed by atoms with van der Waals surface area (Å²) in [6, 6.07) is 3.44. The van der Waals surface area contributed by atoms with E-state index < -0.39 is 19.9 Å². The smallest absolute Gasteiger partial charge is 0.484 e. The number of benzene rings is 1. The lowest BCUT2D eigenvalue weighted by Gasteiger charge is -2.10. The fourth-order valence-corrected chi connectivity index (χ4v) is 1.24. The maximum Gasteiger partial charge on any atom is 0.489 e. The van der Waals surface area contributed by atoms with E-state index in [9.17, 15) is 13.2 Å². The molecular formula is C8H7BClF3O3. The molecule has 1 aromatic rings. The molecule has 0 aliphatic rings. The molecule has 0 heterocycles. The van der Waals surface area contributed by atoms with Crippen molar-refractivity contribution in [1.82, 2.24) is 0 Å². The fraction of sp³-hybridized carbons (Fsp3) is 0.250. The average molecular weight is 254 g/mol. The van der Waals surface area contributed by atoms with Gasteiger partial charge < -0.3 is 14.8 Å². The quantitative estimate of drug-likeness (QED) is 0.790. The third kappa shape index (κ3) is 3.92. The first kappa shape index (κ1) is 13.2. The number of hydrogen-bond donors (Lipinski definition) is 2. The maximum absolute atomic E-state index is 11.8. The van der Waals surface area contributed by atoms with Crippen molar-refractivity contribution in [3.05, 3.63) is 23.2 Å². The topological polar surface area (TPSA) is 49.7 Å². The Morgan fingerprint density at radius 1 is 1.31 bits per heavy atom. The van der Waals surface area contributed by atoms with E-state index in [4.69, 9.17) is 21.6 Å². The highest BCUT2D eigenvalue weighted by Gasteiger charge is 2.28. The van der Waals surface area contributed by atoms with Gasteiger partial charge in [0.05, 0.1) is 0 Å². The molecule has 0 spiro atoms. The van der Waals surface area contributed by atoms with Crippen LogP contribution in [-0.2, 0) is 0 Å². The maximum atomic E-state index is 11.8. The van der Waals surface area contributed by atoms with E-state index in [1.54, 1.807) is 0 Å². The molecule has 88 valence electrons. The standard InChI is InChI=1S/C8H7BClF3O3/c10-7-3-5(16-4-8(11,12)13)1-2-6(7)9(14)15/h1-3,14-15H,4H2. The van der Waals surface area contributed by atoms with Crippen molar-refractivity contribution in [1.29, 1.82) is 0 Å². The average Bonchev–Trinajstić information content (AvgIpc) is 2.13. The van der Waals surface area contributed by atoms with Crippen molar-refractivity contribution >= 4 is 24.2 Å². The van der Waals surface area contributed by atoms with Gasteiger partial charge in [-0.1, -0.05) is 17.7 Å². The summed E-state index contributed by atoms with van der Waals surface area (Å²) in [6.07, 6.45) is -4.43. The Balaban J connectivity index is 2.74. The first-order valence-electron chi connectivity index (χ1n) is 4.15. The zero-order valence-corrected chi connectivity index (χ0v) is 8.59. The van der Waals surface area contributed by atoms with Crippen LogP contribution in [-0.4, -0.2) is 29.9 Å². The van der Waals surface area contributed by atoms with Crippen molar-refractivity contribution in [2.75, 3.05) is 6.61 Å². The van der Waals surface area contributed by atoms with E-state index in [0.717, 1.165) is 6.07 Å². The molecule has 0 saturated heterocycles. The molecular weight excluding hydrogens is 247 g/mol. The van der Waals surface area contributed by atoms with Crippen LogP contribution in [0.4, 0.5) is 13.2 Å². The van der Waals surface area contributed by atoms with Gasteiger partial charge in [-0.25, -0.2) is 0 Å². The Bertz CT molecular complexity index is 370. The van der Waals surface area contributed by atoms with Gasteiger partial charge in [-0.2, -0.15) is 13.2 Å². The minimum absolute atomic E-state index is 0.000949. The predicted octanol–water partition coefficient (Wildman–Crippen LogP) is 0.961. The monoisotopic (exact) mass is 254 g/mol. The van der Waals surface area contributed by atoms with Crippen molar-refractivity contribution in [2.24, 2.45) is 0 Å². The Morgan fingerprint density at radius 3 is 2.38 bits per heavy atom. The summed E-state index contributed by atoms with van der Waals surface area (Å²) < 4.78 is 39.8. The predicted molar refractivity (Wildman–Crippen MR) is 52.8 cm³/mol. The van der Waals surface area contributed by atoms with E-state index in [0.29, 0.717) is 0 Å². The van der Waals surface area contributed by atoms with Gasteiger partial charge in [0.25, 0.3) is 0 Å². The summed E-state index contributed by atoms with van der Waals surface area (Å²) >= 11 is 5.59. The summed E-state index contributed by atoms with van der Waals surface area (Å²) in [5.41, 5.74) is 0.000949. The first-order valence-corrected chi connectivity index (χ1v) is 4.52. The van der Waals surface area contributed by atoms with Crippen LogP contribution in [0.3, 0.4) is 0 Å². The summed E-state index contributed by atoms with van der Waals surface area (Å²) in [4.78, 5) is 0. The molecule has 1 rings (SSSR count). The number of halogens is 4. The highest BCUT2D eigenvalue weighted by molar-refractivity contribution is 6.62. The molecule has 0 amide bonds. The van der Waals surface area contributed by atoms with Crippen LogP contribution in [0.15, 0.2) is 18.2 Å².